The quantitative estimate of drug-likeness (QED) is 0.407. The van der Waals surface area contributed by atoms with Crippen molar-refractivity contribution in [2.24, 2.45) is 4.99 Å². The van der Waals surface area contributed by atoms with Gasteiger partial charge in [0.05, 0.1) is 18.2 Å². The number of anilines is 2. The Balaban J connectivity index is 1.69. The van der Waals surface area contributed by atoms with Gasteiger partial charge < -0.3 is 20.5 Å². The fourth-order valence-electron chi connectivity index (χ4n) is 4.46. The normalized spacial score (nSPS) is 24.2. The number of benzene rings is 2. The van der Waals surface area contributed by atoms with Crippen LogP contribution in [0.3, 0.4) is 0 Å². The Hall–Kier alpha value is -2.78. The number of methoxy groups -OCH3 is 1. The summed E-state index contributed by atoms with van der Waals surface area (Å²) in [4.78, 5) is 5.05. The van der Waals surface area contributed by atoms with Crippen LogP contribution in [0.25, 0.3) is 0 Å². The number of alkyl halides is 3. The zero-order valence-electron chi connectivity index (χ0n) is 17.8. The third kappa shape index (κ3) is 4.99. The number of fused-ring (bicyclic) bond motifs is 1. The van der Waals surface area contributed by atoms with Crippen LogP contribution in [0.4, 0.5) is 24.5 Å². The van der Waals surface area contributed by atoms with Crippen LogP contribution in [-0.4, -0.2) is 56.4 Å². The van der Waals surface area contributed by atoms with Gasteiger partial charge in [0.15, 0.2) is 0 Å². The van der Waals surface area contributed by atoms with E-state index in [1.54, 1.807) is 25.3 Å². The molecule has 32 heavy (non-hydrogen) atoms. The van der Waals surface area contributed by atoms with Gasteiger partial charge in [0.25, 0.3) is 0 Å². The molecule has 0 spiro atoms. The highest BCUT2D eigenvalue weighted by Crippen LogP contribution is 2.38. The molecule has 1 saturated heterocycles. The number of nitrogens with two attached hydrogens (primary N) is 1. The van der Waals surface area contributed by atoms with Crippen molar-refractivity contribution in [3.8, 4) is 5.75 Å². The van der Waals surface area contributed by atoms with Crippen molar-refractivity contribution in [2.45, 2.75) is 37.3 Å². The maximum absolute atomic E-state index is 12.7. The molecule has 6 nitrogen and oxygen atoms in total. The number of rotatable bonds is 5. The van der Waals surface area contributed by atoms with Crippen LogP contribution in [0.2, 0.25) is 0 Å². The van der Waals surface area contributed by atoms with Crippen LogP contribution in [0, 0.1) is 0 Å². The third-order valence-electron chi connectivity index (χ3n) is 6.05. The summed E-state index contributed by atoms with van der Waals surface area (Å²) in [6.07, 6.45) is -1.74. The van der Waals surface area contributed by atoms with Gasteiger partial charge in [-0.15, -0.1) is 13.2 Å². The SMILES string of the molecule is COC1CCCN(C2COc3ccccc3C2Nc2cccc(N)c2/C=N/C(F)(F)F)C1. The summed E-state index contributed by atoms with van der Waals surface area (Å²) in [6.45, 7) is 2.12. The first-order valence-electron chi connectivity index (χ1n) is 10.6. The van der Waals surface area contributed by atoms with Crippen molar-refractivity contribution >= 4 is 17.6 Å². The van der Waals surface area contributed by atoms with Crippen molar-refractivity contribution in [3.05, 3.63) is 53.6 Å². The van der Waals surface area contributed by atoms with E-state index in [2.05, 4.69) is 15.2 Å². The van der Waals surface area contributed by atoms with E-state index in [4.69, 9.17) is 15.2 Å². The maximum Gasteiger partial charge on any atom is 0.503 e. The van der Waals surface area contributed by atoms with Crippen LogP contribution < -0.4 is 15.8 Å². The monoisotopic (exact) mass is 448 g/mol. The molecule has 0 amide bonds. The van der Waals surface area contributed by atoms with Crippen LogP contribution in [-0.2, 0) is 4.74 Å². The van der Waals surface area contributed by atoms with Gasteiger partial charge in [-0.1, -0.05) is 24.3 Å². The predicted octanol–water partition coefficient (Wildman–Crippen LogP) is 4.23. The minimum atomic E-state index is -4.67. The van der Waals surface area contributed by atoms with E-state index in [1.165, 1.54) is 0 Å². The third-order valence-corrected chi connectivity index (χ3v) is 6.05. The Morgan fingerprint density at radius 2 is 2.03 bits per heavy atom. The number of nitrogens with zero attached hydrogens (tertiary/aromatic N) is 2. The lowest BCUT2D eigenvalue weighted by atomic mass is 9.92. The summed E-state index contributed by atoms with van der Waals surface area (Å²) in [6, 6.07) is 12.5. The zero-order chi connectivity index (χ0) is 22.7. The molecule has 0 aromatic heterocycles. The van der Waals surface area contributed by atoms with Crippen molar-refractivity contribution < 1.29 is 22.6 Å². The number of hydrogen-bond acceptors (Lipinski definition) is 6. The van der Waals surface area contributed by atoms with Crippen LogP contribution in [0.1, 0.15) is 30.0 Å². The molecule has 3 atom stereocenters. The minimum absolute atomic E-state index is 0.0308. The first-order valence-corrected chi connectivity index (χ1v) is 10.6. The second-order valence-electron chi connectivity index (χ2n) is 8.07. The smallest absolute Gasteiger partial charge is 0.491 e. The molecule has 3 N–H and O–H groups in total. The van der Waals surface area contributed by atoms with Gasteiger partial charge in [0.2, 0.25) is 0 Å². The molecule has 0 bridgehead atoms. The van der Waals surface area contributed by atoms with Crippen molar-refractivity contribution in [1.82, 2.24) is 4.90 Å². The number of ether oxygens (including phenoxy) is 2. The number of nitrogen functional groups attached to an aromatic ring is 1. The second kappa shape index (κ2) is 9.38. The molecular formula is C23H27F3N4O2. The van der Waals surface area contributed by atoms with Crippen molar-refractivity contribution in [2.75, 3.05) is 37.9 Å². The Bertz CT molecular complexity index is 966. The van der Waals surface area contributed by atoms with E-state index < -0.39 is 6.30 Å². The average Bonchev–Trinajstić information content (AvgIpc) is 2.78. The van der Waals surface area contributed by atoms with Gasteiger partial charge in [0, 0.05) is 42.4 Å². The van der Waals surface area contributed by atoms with Crippen molar-refractivity contribution in [1.29, 1.82) is 0 Å². The maximum atomic E-state index is 12.7. The molecule has 9 heteroatoms. The van der Waals surface area contributed by atoms with Crippen molar-refractivity contribution in [3.63, 3.8) is 0 Å². The number of likely N-dealkylation sites (tertiary alicyclic amines) is 1. The summed E-state index contributed by atoms with van der Waals surface area (Å²) >= 11 is 0. The Labute approximate surface area is 185 Å². The summed E-state index contributed by atoms with van der Waals surface area (Å²) in [5.74, 6) is 0.760. The van der Waals surface area contributed by atoms with Crippen LogP contribution in [0.5, 0.6) is 5.75 Å². The van der Waals surface area contributed by atoms with Gasteiger partial charge in [0.1, 0.15) is 12.4 Å². The van der Waals surface area contributed by atoms with Crippen LogP contribution >= 0.6 is 0 Å². The van der Waals surface area contributed by atoms with Gasteiger partial charge in [-0.25, -0.2) is 0 Å². The number of piperidine rings is 1. The first-order chi connectivity index (χ1) is 15.4. The molecule has 2 aromatic carbocycles. The minimum Gasteiger partial charge on any atom is -0.491 e. The molecule has 0 radical (unpaired) electrons. The molecule has 1 fully saturated rings. The second-order valence-corrected chi connectivity index (χ2v) is 8.07. The number of para-hydroxylation sites is 1. The summed E-state index contributed by atoms with van der Waals surface area (Å²) in [5.41, 5.74) is 7.88. The zero-order valence-corrected chi connectivity index (χ0v) is 17.8. The highest BCUT2D eigenvalue weighted by Gasteiger charge is 2.37. The van der Waals surface area contributed by atoms with Gasteiger partial charge in [-0.2, -0.15) is 4.99 Å². The molecule has 2 aliphatic rings. The molecule has 2 aromatic rings. The largest absolute Gasteiger partial charge is 0.503 e. The summed E-state index contributed by atoms with van der Waals surface area (Å²) in [7, 11) is 1.72. The van der Waals surface area contributed by atoms with E-state index in [0.717, 1.165) is 43.5 Å². The molecule has 2 aliphatic heterocycles. The summed E-state index contributed by atoms with van der Waals surface area (Å²) in [5, 5.41) is 3.46. The molecule has 2 heterocycles. The van der Waals surface area contributed by atoms with Gasteiger partial charge >= 0.3 is 6.30 Å². The van der Waals surface area contributed by atoms with Gasteiger partial charge in [-0.3, -0.25) is 4.90 Å². The highest BCUT2D eigenvalue weighted by molar-refractivity contribution is 5.94. The number of aliphatic imine (C=N–C) groups is 1. The van der Waals surface area contributed by atoms with E-state index in [-0.39, 0.29) is 29.4 Å². The lowest BCUT2D eigenvalue weighted by Gasteiger charge is -2.44. The molecule has 0 aliphatic carbocycles. The molecule has 4 rings (SSSR count). The predicted molar refractivity (Wildman–Crippen MR) is 118 cm³/mol. The van der Waals surface area contributed by atoms with Gasteiger partial charge in [-0.05, 0) is 37.6 Å². The Morgan fingerprint density at radius 1 is 1.22 bits per heavy atom. The Kier molecular flexibility index (Phi) is 6.57. The average molecular weight is 448 g/mol. The molecular weight excluding hydrogens is 421 g/mol. The van der Waals surface area contributed by atoms with E-state index in [9.17, 15) is 13.2 Å². The number of halogens is 3. The first kappa shape index (κ1) is 22.4. The number of hydrogen-bond donors (Lipinski definition) is 2. The van der Waals surface area contributed by atoms with Crippen LogP contribution in [0.15, 0.2) is 47.5 Å². The lowest BCUT2D eigenvalue weighted by molar-refractivity contribution is -0.119. The fraction of sp³-hybridized carbons (Fsp3) is 0.435. The Morgan fingerprint density at radius 3 is 2.81 bits per heavy atom. The molecule has 172 valence electrons. The van der Waals surface area contributed by atoms with E-state index >= 15 is 0 Å². The summed E-state index contributed by atoms with van der Waals surface area (Å²) < 4.78 is 49.9. The molecule has 0 saturated carbocycles. The molecule has 3 unspecified atom stereocenters. The fourth-order valence-corrected chi connectivity index (χ4v) is 4.46. The number of nitrogens with one attached hydrogen (secondary N) is 1. The standard InChI is InChI=1S/C23H27F3N4O2/c1-31-15-6-5-11-30(13-15)20-14-32-21-10-3-2-7-16(21)22(20)29-19-9-4-8-18(27)17(19)12-28-23(24,25)26/h2-4,7-10,12,15,20,22,29H,5-6,11,13-14,27H2,1H3/b28-12+. The van der Waals surface area contributed by atoms with E-state index in [1.807, 2.05) is 24.3 Å². The van der Waals surface area contributed by atoms with E-state index in [0.29, 0.717) is 12.3 Å². The lowest BCUT2D eigenvalue weighted by Crippen LogP contribution is -2.53. The highest BCUT2D eigenvalue weighted by atomic mass is 19.4. The topological polar surface area (TPSA) is 72.1 Å².